The first kappa shape index (κ1) is 14.6. The number of carboxylic acids is 1. The van der Waals surface area contributed by atoms with Gasteiger partial charge in [0.2, 0.25) is 5.91 Å². The van der Waals surface area contributed by atoms with Crippen molar-refractivity contribution in [2.75, 3.05) is 13.1 Å². The van der Waals surface area contributed by atoms with Crippen LogP contribution in [0.15, 0.2) is 0 Å². The van der Waals surface area contributed by atoms with Gasteiger partial charge in [-0.3, -0.25) is 4.79 Å². The minimum Gasteiger partial charge on any atom is -0.479 e. The van der Waals surface area contributed by atoms with Crippen LogP contribution in [0, 0.1) is 0 Å². The summed E-state index contributed by atoms with van der Waals surface area (Å²) in [5, 5.41) is 16.7. The number of aliphatic carboxylic acids is 1. The van der Waals surface area contributed by atoms with Gasteiger partial charge in [0.1, 0.15) is 6.04 Å². The molecule has 2 fully saturated rings. The minimum atomic E-state index is -0.976. The van der Waals surface area contributed by atoms with Crippen molar-refractivity contribution in [3.63, 3.8) is 0 Å². The van der Waals surface area contributed by atoms with E-state index in [-0.39, 0.29) is 18.6 Å². The third-order valence-electron chi connectivity index (χ3n) is 3.46. The topological polar surface area (TPSA) is 117 Å². The summed E-state index contributed by atoms with van der Waals surface area (Å²) in [6.45, 7) is 0.884. The molecule has 2 aliphatic rings. The first-order chi connectivity index (χ1) is 9.56. The second kappa shape index (κ2) is 6.56. The summed E-state index contributed by atoms with van der Waals surface area (Å²) in [4.78, 5) is 33.8. The fourth-order valence-corrected chi connectivity index (χ4v) is 2.36. The quantitative estimate of drug-likeness (QED) is 0.539. The number of ether oxygens (including phenoxy) is 1. The number of urea groups is 1. The summed E-state index contributed by atoms with van der Waals surface area (Å²) in [5.41, 5.74) is 0. The predicted molar refractivity (Wildman–Crippen MR) is 68.1 cm³/mol. The van der Waals surface area contributed by atoms with E-state index in [1.165, 1.54) is 0 Å². The van der Waals surface area contributed by atoms with Crippen LogP contribution in [-0.4, -0.2) is 54.4 Å². The maximum atomic E-state index is 11.7. The lowest BCUT2D eigenvalue weighted by molar-refractivity contribution is -0.149. The SMILES string of the molecule is O=C(NCC1CCC(C(=O)O)O1)NC1CCCNC1=O. The molecule has 3 unspecified atom stereocenters. The summed E-state index contributed by atoms with van der Waals surface area (Å²) in [6.07, 6.45) is 1.44. The van der Waals surface area contributed by atoms with Gasteiger partial charge in [-0.15, -0.1) is 0 Å². The van der Waals surface area contributed by atoms with Crippen LogP contribution in [0.3, 0.4) is 0 Å². The summed E-state index contributed by atoms with van der Waals surface area (Å²) >= 11 is 0. The van der Waals surface area contributed by atoms with Crippen LogP contribution in [-0.2, 0) is 14.3 Å². The van der Waals surface area contributed by atoms with Crippen LogP contribution in [0.2, 0.25) is 0 Å². The molecule has 0 aromatic carbocycles. The van der Waals surface area contributed by atoms with Gasteiger partial charge in [0.05, 0.1) is 6.10 Å². The van der Waals surface area contributed by atoms with Crippen molar-refractivity contribution in [2.24, 2.45) is 0 Å². The van der Waals surface area contributed by atoms with Crippen LogP contribution >= 0.6 is 0 Å². The normalized spacial score (nSPS) is 29.6. The molecular formula is C12H19N3O5. The molecule has 0 aliphatic carbocycles. The highest BCUT2D eigenvalue weighted by atomic mass is 16.5. The molecule has 3 amide bonds. The second-order valence-electron chi connectivity index (χ2n) is 5.00. The maximum absolute atomic E-state index is 11.7. The van der Waals surface area contributed by atoms with Crippen LogP contribution in [0.5, 0.6) is 0 Å². The Hall–Kier alpha value is -1.83. The second-order valence-corrected chi connectivity index (χ2v) is 5.00. The number of rotatable bonds is 4. The molecule has 8 nitrogen and oxygen atoms in total. The van der Waals surface area contributed by atoms with E-state index in [1.54, 1.807) is 0 Å². The van der Waals surface area contributed by atoms with E-state index in [2.05, 4.69) is 16.0 Å². The van der Waals surface area contributed by atoms with Gasteiger partial charge < -0.3 is 25.8 Å². The van der Waals surface area contributed by atoms with E-state index in [9.17, 15) is 14.4 Å². The average Bonchev–Trinajstić information content (AvgIpc) is 2.88. The highest BCUT2D eigenvalue weighted by Gasteiger charge is 2.31. The minimum absolute atomic E-state index is 0.172. The van der Waals surface area contributed by atoms with Crippen molar-refractivity contribution in [2.45, 2.75) is 43.9 Å². The number of piperidine rings is 1. The Balaban J connectivity index is 1.68. The van der Waals surface area contributed by atoms with Crippen molar-refractivity contribution in [1.82, 2.24) is 16.0 Å². The Morgan fingerprint density at radius 3 is 2.80 bits per heavy atom. The third-order valence-corrected chi connectivity index (χ3v) is 3.46. The molecule has 2 aliphatic heterocycles. The van der Waals surface area contributed by atoms with E-state index in [4.69, 9.17) is 9.84 Å². The molecule has 2 saturated heterocycles. The standard InChI is InChI=1S/C12H19N3O5/c16-10-8(2-1-5-13-10)15-12(19)14-6-7-3-4-9(20-7)11(17)18/h7-9H,1-6H2,(H,13,16)(H,17,18)(H2,14,15,19). The van der Waals surface area contributed by atoms with Crippen LogP contribution in [0.25, 0.3) is 0 Å². The number of carbonyl (C=O) groups excluding carboxylic acids is 2. The lowest BCUT2D eigenvalue weighted by Crippen LogP contribution is -2.53. The maximum Gasteiger partial charge on any atom is 0.332 e. The monoisotopic (exact) mass is 285 g/mol. The lowest BCUT2D eigenvalue weighted by atomic mass is 10.1. The van der Waals surface area contributed by atoms with Gasteiger partial charge in [-0.25, -0.2) is 9.59 Å². The van der Waals surface area contributed by atoms with E-state index < -0.39 is 24.1 Å². The molecule has 0 saturated carbocycles. The predicted octanol–water partition coefficient (Wildman–Crippen LogP) is -0.804. The number of carboxylic acid groups (broad SMARTS) is 1. The number of nitrogens with one attached hydrogen (secondary N) is 3. The Bertz CT molecular complexity index is 401. The van der Waals surface area contributed by atoms with Crippen LogP contribution in [0.4, 0.5) is 4.79 Å². The van der Waals surface area contributed by atoms with Crippen LogP contribution in [0.1, 0.15) is 25.7 Å². The number of hydrogen-bond donors (Lipinski definition) is 4. The Morgan fingerprint density at radius 2 is 2.15 bits per heavy atom. The Labute approximate surface area is 116 Å². The van der Waals surface area contributed by atoms with Gasteiger partial charge in [-0.2, -0.15) is 0 Å². The van der Waals surface area contributed by atoms with Crippen molar-refractivity contribution in [3.8, 4) is 0 Å². The Morgan fingerprint density at radius 1 is 1.35 bits per heavy atom. The van der Waals surface area contributed by atoms with Gasteiger partial charge in [0, 0.05) is 13.1 Å². The zero-order valence-electron chi connectivity index (χ0n) is 11.1. The van der Waals surface area contributed by atoms with Crippen molar-refractivity contribution in [1.29, 1.82) is 0 Å². The molecule has 0 aromatic rings. The molecule has 8 heteroatoms. The number of amides is 3. The first-order valence-electron chi connectivity index (χ1n) is 6.76. The van der Waals surface area contributed by atoms with Gasteiger partial charge in [0.25, 0.3) is 0 Å². The van der Waals surface area contributed by atoms with Crippen molar-refractivity contribution < 1.29 is 24.2 Å². The van der Waals surface area contributed by atoms with Gasteiger partial charge in [-0.1, -0.05) is 0 Å². The highest BCUT2D eigenvalue weighted by Crippen LogP contribution is 2.19. The molecule has 0 radical (unpaired) electrons. The van der Waals surface area contributed by atoms with Gasteiger partial charge in [0.15, 0.2) is 6.10 Å². The van der Waals surface area contributed by atoms with E-state index >= 15 is 0 Å². The summed E-state index contributed by atoms with van der Waals surface area (Å²) in [6, 6.07) is -0.936. The molecule has 20 heavy (non-hydrogen) atoms. The largest absolute Gasteiger partial charge is 0.479 e. The van der Waals surface area contributed by atoms with Gasteiger partial charge >= 0.3 is 12.0 Å². The molecular weight excluding hydrogens is 266 g/mol. The smallest absolute Gasteiger partial charge is 0.332 e. The first-order valence-corrected chi connectivity index (χ1v) is 6.76. The number of hydrogen-bond acceptors (Lipinski definition) is 4. The summed E-state index contributed by atoms with van der Waals surface area (Å²) < 4.78 is 5.26. The summed E-state index contributed by atoms with van der Waals surface area (Å²) in [5.74, 6) is -1.15. The van der Waals surface area contributed by atoms with Gasteiger partial charge in [-0.05, 0) is 25.7 Å². The van der Waals surface area contributed by atoms with Crippen molar-refractivity contribution >= 4 is 17.9 Å². The molecule has 4 N–H and O–H groups in total. The molecule has 3 atom stereocenters. The molecule has 112 valence electrons. The molecule has 2 heterocycles. The Kier molecular flexibility index (Phi) is 4.78. The molecule has 0 spiro atoms. The fourth-order valence-electron chi connectivity index (χ4n) is 2.36. The fraction of sp³-hybridized carbons (Fsp3) is 0.750. The third kappa shape index (κ3) is 3.83. The number of carbonyl (C=O) groups is 3. The molecule has 2 rings (SSSR count). The van der Waals surface area contributed by atoms with E-state index in [0.29, 0.717) is 25.8 Å². The molecule has 0 aromatic heterocycles. The lowest BCUT2D eigenvalue weighted by Gasteiger charge is -2.23. The van der Waals surface area contributed by atoms with E-state index in [1.807, 2.05) is 0 Å². The average molecular weight is 285 g/mol. The zero-order chi connectivity index (χ0) is 14.5. The van der Waals surface area contributed by atoms with Crippen molar-refractivity contribution in [3.05, 3.63) is 0 Å². The zero-order valence-corrected chi connectivity index (χ0v) is 11.1. The molecule has 0 bridgehead atoms. The summed E-state index contributed by atoms with van der Waals surface area (Å²) in [7, 11) is 0. The highest BCUT2D eigenvalue weighted by molar-refractivity contribution is 5.87. The van der Waals surface area contributed by atoms with E-state index in [0.717, 1.165) is 6.42 Å². The van der Waals surface area contributed by atoms with Crippen LogP contribution < -0.4 is 16.0 Å².